The number of anilines is 1. The summed E-state index contributed by atoms with van der Waals surface area (Å²) < 4.78 is 27.2. The number of carbonyl (C=O) groups excluding carboxylic acids is 1. The minimum absolute atomic E-state index is 0.295. The maximum Gasteiger partial charge on any atom is 0.272 e. The molecule has 2 N–H and O–H groups in total. The van der Waals surface area contributed by atoms with E-state index < -0.39 is 23.2 Å². The van der Waals surface area contributed by atoms with Gasteiger partial charge in [-0.2, -0.15) is 0 Å². The molecule has 22 heavy (non-hydrogen) atoms. The van der Waals surface area contributed by atoms with Crippen molar-refractivity contribution in [1.29, 1.82) is 0 Å². The Morgan fingerprint density at radius 1 is 1.09 bits per heavy atom. The molecule has 0 bridgehead atoms. The van der Waals surface area contributed by atoms with Crippen molar-refractivity contribution in [2.45, 2.75) is 13.8 Å². The molecule has 3 nitrogen and oxygen atoms in total. The van der Waals surface area contributed by atoms with Crippen LogP contribution >= 0.6 is 0 Å². The highest BCUT2D eigenvalue weighted by atomic mass is 19.1. The van der Waals surface area contributed by atoms with Gasteiger partial charge in [-0.05, 0) is 43.2 Å². The van der Waals surface area contributed by atoms with E-state index >= 15 is 0 Å². The average Bonchev–Trinajstić information content (AvgIpc) is 2.79. The highest BCUT2D eigenvalue weighted by molar-refractivity contribution is 6.08. The zero-order valence-corrected chi connectivity index (χ0v) is 12.1. The molecule has 0 spiro atoms. The number of amides is 1. The Kier molecular flexibility index (Phi) is 3.41. The molecule has 1 aromatic heterocycles. The Bertz CT molecular complexity index is 863. The number of fused-ring (bicyclic) bond motifs is 1. The summed E-state index contributed by atoms with van der Waals surface area (Å²) in [6.07, 6.45) is 0. The van der Waals surface area contributed by atoms with Crippen molar-refractivity contribution in [3.8, 4) is 0 Å². The number of para-hydroxylation sites is 1. The summed E-state index contributed by atoms with van der Waals surface area (Å²) in [5, 5.41) is 3.20. The van der Waals surface area contributed by atoms with Crippen LogP contribution in [0.1, 0.15) is 21.6 Å². The van der Waals surface area contributed by atoms with Crippen LogP contribution in [0.2, 0.25) is 0 Å². The van der Waals surface area contributed by atoms with Gasteiger partial charge in [0.25, 0.3) is 5.91 Å². The van der Waals surface area contributed by atoms with Gasteiger partial charge in [-0.3, -0.25) is 4.79 Å². The third-order valence-electron chi connectivity index (χ3n) is 3.64. The van der Waals surface area contributed by atoms with Gasteiger partial charge in [-0.15, -0.1) is 0 Å². The second-order valence-electron chi connectivity index (χ2n) is 5.22. The number of H-pyrrole nitrogens is 1. The van der Waals surface area contributed by atoms with Gasteiger partial charge in [0.2, 0.25) is 0 Å². The highest BCUT2D eigenvalue weighted by Gasteiger charge is 2.18. The molecule has 0 radical (unpaired) electrons. The van der Waals surface area contributed by atoms with E-state index in [-0.39, 0.29) is 0 Å². The van der Waals surface area contributed by atoms with E-state index in [4.69, 9.17) is 0 Å². The van der Waals surface area contributed by atoms with E-state index in [1.807, 2.05) is 25.1 Å². The lowest BCUT2D eigenvalue weighted by molar-refractivity contribution is 0.102. The van der Waals surface area contributed by atoms with Gasteiger partial charge in [-0.25, -0.2) is 8.78 Å². The number of hydrogen-bond acceptors (Lipinski definition) is 1. The molecular weight excluding hydrogens is 286 g/mol. The van der Waals surface area contributed by atoms with E-state index in [1.165, 1.54) is 6.07 Å². The number of aryl methyl sites for hydroxylation is 2. The normalized spacial score (nSPS) is 10.9. The Labute approximate surface area is 126 Å². The van der Waals surface area contributed by atoms with Crippen LogP contribution in [0.15, 0.2) is 36.4 Å². The van der Waals surface area contributed by atoms with Gasteiger partial charge in [0.1, 0.15) is 23.0 Å². The maximum atomic E-state index is 13.6. The first kappa shape index (κ1) is 14.3. The molecule has 2 aromatic carbocycles. The van der Waals surface area contributed by atoms with Crippen molar-refractivity contribution >= 4 is 22.5 Å². The molecule has 0 aliphatic rings. The quantitative estimate of drug-likeness (QED) is 0.727. The zero-order chi connectivity index (χ0) is 15.9. The first-order chi connectivity index (χ1) is 10.5. The number of nitrogens with one attached hydrogen (secondary N) is 2. The van der Waals surface area contributed by atoms with E-state index in [2.05, 4.69) is 10.3 Å². The Morgan fingerprint density at radius 3 is 2.45 bits per heavy atom. The maximum absolute atomic E-state index is 13.6. The van der Waals surface area contributed by atoms with Crippen LogP contribution in [0.25, 0.3) is 10.9 Å². The van der Waals surface area contributed by atoms with E-state index in [1.54, 1.807) is 6.92 Å². The molecule has 3 rings (SSSR count). The number of hydrogen-bond donors (Lipinski definition) is 2. The topological polar surface area (TPSA) is 44.9 Å². The van der Waals surface area contributed by atoms with Crippen molar-refractivity contribution in [2.75, 3.05) is 5.32 Å². The molecule has 3 aromatic rings. The van der Waals surface area contributed by atoms with Crippen molar-refractivity contribution in [2.24, 2.45) is 0 Å². The minimum Gasteiger partial charge on any atom is -0.350 e. The van der Waals surface area contributed by atoms with E-state index in [0.29, 0.717) is 5.69 Å². The van der Waals surface area contributed by atoms with Crippen LogP contribution in [0, 0.1) is 25.5 Å². The zero-order valence-electron chi connectivity index (χ0n) is 12.1. The van der Waals surface area contributed by atoms with Crippen LogP contribution in [-0.2, 0) is 0 Å². The van der Waals surface area contributed by atoms with Crippen molar-refractivity contribution in [3.05, 3.63) is 64.9 Å². The Balaban J connectivity index is 2.01. The molecular formula is C17H14F2N2O. The molecule has 1 heterocycles. The third kappa shape index (κ3) is 2.35. The first-order valence-electron chi connectivity index (χ1n) is 6.81. The van der Waals surface area contributed by atoms with Gasteiger partial charge in [0.05, 0.1) is 0 Å². The number of halogens is 2. The summed E-state index contributed by atoms with van der Waals surface area (Å²) in [5.41, 5.74) is 2.46. The molecule has 112 valence electrons. The summed E-state index contributed by atoms with van der Waals surface area (Å²) >= 11 is 0. The minimum atomic E-state index is -0.807. The third-order valence-corrected chi connectivity index (χ3v) is 3.64. The molecule has 0 aliphatic carbocycles. The predicted octanol–water partition coefficient (Wildman–Crippen LogP) is 4.32. The monoisotopic (exact) mass is 300 g/mol. The van der Waals surface area contributed by atoms with Gasteiger partial charge >= 0.3 is 0 Å². The van der Waals surface area contributed by atoms with Crippen LogP contribution in [0.4, 0.5) is 14.5 Å². The second-order valence-corrected chi connectivity index (χ2v) is 5.22. The van der Waals surface area contributed by atoms with Crippen LogP contribution < -0.4 is 5.32 Å². The number of rotatable bonds is 2. The molecule has 5 heteroatoms. The number of aromatic amines is 1. The molecule has 0 aliphatic heterocycles. The molecule has 0 saturated carbocycles. The SMILES string of the molecule is Cc1ccc2c(C)c(C(=O)Nc3c(F)cccc3F)[nH]c2c1. The second kappa shape index (κ2) is 5.26. The fraction of sp³-hybridized carbons (Fsp3) is 0.118. The largest absolute Gasteiger partial charge is 0.350 e. The van der Waals surface area contributed by atoms with Gasteiger partial charge < -0.3 is 10.3 Å². The van der Waals surface area contributed by atoms with Crippen molar-refractivity contribution < 1.29 is 13.6 Å². The lowest BCUT2D eigenvalue weighted by Crippen LogP contribution is -2.15. The van der Waals surface area contributed by atoms with Crippen LogP contribution in [0.5, 0.6) is 0 Å². The van der Waals surface area contributed by atoms with Crippen molar-refractivity contribution in [3.63, 3.8) is 0 Å². The molecule has 0 atom stereocenters. The number of benzene rings is 2. The predicted molar refractivity (Wildman–Crippen MR) is 82.1 cm³/mol. The molecule has 1 amide bonds. The highest BCUT2D eigenvalue weighted by Crippen LogP contribution is 2.24. The molecule has 0 unspecified atom stereocenters. The Morgan fingerprint density at radius 2 is 1.77 bits per heavy atom. The van der Waals surface area contributed by atoms with Gasteiger partial charge in [0, 0.05) is 10.9 Å². The average molecular weight is 300 g/mol. The summed E-state index contributed by atoms with van der Waals surface area (Å²) in [7, 11) is 0. The first-order valence-corrected chi connectivity index (χ1v) is 6.81. The van der Waals surface area contributed by atoms with Gasteiger partial charge in [-0.1, -0.05) is 18.2 Å². The molecule has 0 saturated heterocycles. The molecule has 0 fully saturated rings. The fourth-order valence-electron chi connectivity index (χ4n) is 2.47. The van der Waals surface area contributed by atoms with Crippen LogP contribution in [-0.4, -0.2) is 10.9 Å². The van der Waals surface area contributed by atoms with Gasteiger partial charge in [0.15, 0.2) is 0 Å². The Hall–Kier alpha value is -2.69. The summed E-state index contributed by atoms with van der Waals surface area (Å²) in [4.78, 5) is 15.3. The fourth-order valence-corrected chi connectivity index (χ4v) is 2.47. The van der Waals surface area contributed by atoms with Crippen LogP contribution in [0.3, 0.4) is 0 Å². The standard InChI is InChI=1S/C17H14F2N2O/c1-9-6-7-11-10(2)15(20-14(11)8-9)17(22)21-16-12(18)4-3-5-13(16)19/h3-8,20H,1-2H3,(H,21,22). The lowest BCUT2D eigenvalue weighted by Gasteiger charge is -2.07. The van der Waals surface area contributed by atoms with E-state index in [9.17, 15) is 13.6 Å². The smallest absolute Gasteiger partial charge is 0.272 e. The van der Waals surface area contributed by atoms with E-state index in [0.717, 1.165) is 34.2 Å². The lowest BCUT2D eigenvalue weighted by atomic mass is 10.1. The summed E-state index contributed by atoms with van der Waals surface area (Å²) in [5.74, 6) is -2.19. The van der Waals surface area contributed by atoms with Crippen molar-refractivity contribution in [1.82, 2.24) is 4.98 Å². The summed E-state index contributed by atoms with van der Waals surface area (Å²) in [6, 6.07) is 9.22. The number of aromatic nitrogens is 1. The number of carbonyl (C=O) groups is 1. The summed E-state index contributed by atoms with van der Waals surface area (Å²) in [6.45, 7) is 3.74.